The molecule has 0 aromatic carbocycles. The van der Waals surface area contributed by atoms with Crippen molar-refractivity contribution < 1.29 is 4.74 Å². The van der Waals surface area contributed by atoms with Gasteiger partial charge in [0.1, 0.15) is 6.23 Å². The Morgan fingerprint density at radius 2 is 2.33 bits per heavy atom. The molecule has 0 amide bonds. The molecule has 2 aliphatic heterocycles. The smallest absolute Gasteiger partial charge is 0.113 e. The zero-order chi connectivity index (χ0) is 6.43. The number of fused-ring (bicyclic) bond motifs is 1. The van der Waals surface area contributed by atoms with E-state index in [0.717, 1.165) is 12.6 Å². The molecule has 0 bridgehead atoms. The minimum Gasteiger partial charge on any atom is -0.361 e. The molecule has 2 aliphatic rings. The van der Waals surface area contributed by atoms with Crippen LogP contribution in [0.25, 0.3) is 0 Å². The number of hydrogen-bond acceptors (Lipinski definition) is 2. The Morgan fingerprint density at radius 3 is 2.56 bits per heavy atom. The van der Waals surface area contributed by atoms with Gasteiger partial charge in [0.25, 0.3) is 0 Å². The Hall–Kier alpha value is -0.0800. The lowest BCUT2D eigenvalue weighted by Crippen LogP contribution is -2.23. The Bertz CT molecular complexity index is 124. The third-order valence-corrected chi connectivity index (χ3v) is 2.11. The molecule has 52 valence electrons. The lowest BCUT2D eigenvalue weighted by molar-refractivity contribution is 0.0130. The monoisotopic (exact) mass is 127 g/mol. The van der Waals surface area contributed by atoms with Crippen LogP contribution >= 0.6 is 0 Å². The summed E-state index contributed by atoms with van der Waals surface area (Å²) in [4.78, 5) is 2.42. The van der Waals surface area contributed by atoms with E-state index in [-0.39, 0.29) is 0 Å². The Labute approximate surface area is 55.8 Å². The Morgan fingerprint density at radius 1 is 1.56 bits per heavy atom. The van der Waals surface area contributed by atoms with Gasteiger partial charge in [-0.15, -0.1) is 0 Å². The molecule has 3 atom stereocenters. The zero-order valence-electron chi connectivity index (χ0n) is 6.00. The molecule has 2 nitrogen and oxygen atoms in total. The molecule has 0 N–H and O–H groups in total. The highest BCUT2D eigenvalue weighted by atomic mass is 16.5. The molecule has 2 heterocycles. The van der Waals surface area contributed by atoms with Gasteiger partial charge in [0.15, 0.2) is 0 Å². The predicted molar refractivity (Wildman–Crippen MR) is 35.1 cm³/mol. The van der Waals surface area contributed by atoms with Crippen molar-refractivity contribution in [2.75, 3.05) is 13.2 Å². The van der Waals surface area contributed by atoms with Gasteiger partial charge >= 0.3 is 0 Å². The maximum Gasteiger partial charge on any atom is 0.113 e. The molecule has 9 heavy (non-hydrogen) atoms. The largest absolute Gasteiger partial charge is 0.361 e. The van der Waals surface area contributed by atoms with Crippen molar-refractivity contribution in [1.29, 1.82) is 0 Å². The molecular formula is C7H13NO. The van der Waals surface area contributed by atoms with E-state index < -0.39 is 0 Å². The fraction of sp³-hybridized carbons (Fsp3) is 1.00. The third kappa shape index (κ3) is 0.775. The zero-order valence-corrected chi connectivity index (χ0v) is 6.00. The van der Waals surface area contributed by atoms with Crippen molar-refractivity contribution in [2.45, 2.75) is 26.1 Å². The van der Waals surface area contributed by atoms with Crippen molar-refractivity contribution >= 4 is 0 Å². The molecule has 2 fully saturated rings. The van der Waals surface area contributed by atoms with Crippen molar-refractivity contribution in [3.63, 3.8) is 0 Å². The number of nitrogens with zero attached hydrogens (tertiary/aromatic N) is 1. The van der Waals surface area contributed by atoms with Gasteiger partial charge in [0.2, 0.25) is 0 Å². The summed E-state index contributed by atoms with van der Waals surface area (Å²) in [5.74, 6) is 0.664. The van der Waals surface area contributed by atoms with Crippen LogP contribution in [-0.4, -0.2) is 30.3 Å². The van der Waals surface area contributed by atoms with Gasteiger partial charge in [0.05, 0.1) is 6.61 Å². The fourth-order valence-corrected chi connectivity index (χ4v) is 1.54. The lowest BCUT2D eigenvalue weighted by atomic mass is 10.2. The molecular weight excluding hydrogens is 114 g/mol. The van der Waals surface area contributed by atoms with Crippen LogP contribution in [0.1, 0.15) is 13.8 Å². The van der Waals surface area contributed by atoms with Crippen molar-refractivity contribution in [3.05, 3.63) is 0 Å². The van der Waals surface area contributed by atoms with Gasteiger partial charge < -0.3 is 4.74 Å². The fourth-order valence-electron chi connectivity index (χ4n) is 1.54. The molecule has 2 rings (SSSR count). The first-order chi connectivity index (χ1) is 4.29. The summed E-state index contributed by atoms with van der Waals surface area (Å²) in [6, 6.07) is 0.789. The average Bonchev–Trinajstić information content (AvgIpc) is 2.43. The highest BCUT2D eigenvalue weighted by molar-refractivity contribution is 4.96. The first kappa shape index (κ1) is 5.69. The average molecular weight is 127 g/mol. The maximum atomic E-state index is 5.50. The molecule has 0 aliphatic carbocycles. The van der Waals surface area contributed by atoms with E-state index in [0.29, 0.717) is 12.1 Å². The maximum absolute atomic E-state index is 5.50. The van der Waals surface area contributed by atoms with E-state index in [1.165, 1.54) is 6.54 Å². The Kier molecular flexibility index (Phi) is 1.08. The van der Waals surface area contributed by atoms with Crippen LogP contribution in [0, 0.1) is 5.92 Å². The number of hydrogen-bond donors (Lipinski definition) is 0. The van der Waals surface area contributed by atoms with Gasteiger partial charge in [-0.3, -0.25) is 4.90 Å². The molecule has 0 saturated carbocycles. The molecule has 0 radical (unpaired) electrons. The third-order valence-electron chi connectivity index (χ3n) is 2.11. The molecule has 0 spiro atoms. The first-order valence-corrected chi connectivity index (χ1v) is 3.66. The van der Waals surface area contributed by atoms with E-state index in [1.54, 1.807) is 0 Å². The highest BCUT2D eigenvalue weighted by Gasteiger charge is 2.47. The second-order valence-corrected chi connectivity index (χ2v) is 3.32. The summed E-state index contributed by atoms with van der Waals surface area (Å²) >= 11 is 0. The van der Waals surface area contributed by atoms with Crippen molar-refractivity contribution in [3.8, 4) is 0 Å². The Balaban J connectivity index is 1.98. The SMILES string of the molecule is CC(C)[C@H]1OC[C@H]2CN21. The van der Waals surface area contributed by atoms with Crippen molar-refractivity contribution in [2.24, 2.45) is 5.92 Å². The van der Waals surface area contributed by atoms with E-state index >= 15 is 0 Å². The van der Waals surface area contributed by atoms with Crippen LogP contribution in [0.3, 0.4) is 0 Å². The standard InChI is InChI=1S/C7H13NO/c1-5(2)7-8-3-6(8)4-9-7/h5-7H,3-4H2,1-2H3/t6-,7-,8?/m1/s1. The molecule has 2 heteroatoms. The van der Waals surface area contributed by atoms with E-state index in [4.69, 9.17) is 4.74 Å². The van der Waals surface area contributed by atoms with Gasteiger partial charge in [-0.1, -0.05) is 13.8 Å². The predicted octanol–water partition coefficient (Wildman–Crippen LogP) is 0.683. The summed E-state index contributed by atoms with van der Waals surface area (Å²) in [6.45, 7) is 6.68. The van der Waals surface area contributed by atoms with Crippen LogP contribution in [0.4, 0.5) is 0 Å². The molecule has 0 aromatic rings. The normalized spacial score (nSPS) is 47.7. The van der Waals surface area contributed by atoms with Gasteiger partial charge in [0, 0.05) is 12.6 Å². The summed E-state index contributed by atoms with van der Waals surface area (Å²) in [6.07, 6.45) is 0.440. The number of ether oxygens (including phenoxy) is 1. The highest BCUT2D eigenvalue weighted by Crippen LogP contribution is 2.32. The van der Waals surface area contributed by atoms with Crippen LogP contribution in [0.15, 0.2) is 0 Å². The van der Waals surface area contributed by atoms with Crippen LogP contribution in [0.2, 0.25) is 0 Å². The van der Waals surface area contributed by atoms with Gasteiger partial charge in [-0.05, 0) is 5.92 Å². The van der Waals surface area contributed by atoms with E-state index in [2.05, 4.69) is 18.7 Å². The van der Waals surface area contributed by atoms with E-state index in [9.17, 15) is 0 Å². The van der Waals surface area contributed by atoms with Crippen molar-refractivity contribution in [1.82, 2.24) is 4.90 Å². The topological polar surface area (TPSA) is 12.2 Å². The minimum absolute atomic E-state index is 0.440. The summed E-state index contributed by atoms with van der Waals surface area (Å²) in [7, 11) is 0. The molecule has 1 unspecified atom stereocenters. The molecule has 0 aromatic heterocycles. The summed E-state index contributed by atoms with van der Waals surface area (Å²) in [5.41, 5.74) is 0. The number of rotatable bonds is 1. The van der Waals surface area contributed by atoms with Crippen LogP contribution in [0.5, 0.6) is 0 Å². The van der Waals surface area contributed by atoms with E-state index in [1.807, 2.05) is 0 Å². The summed E-state index contributed by atoms with van der Waals surface area (Å²) in [5, 5.41) is 0. The molecule has 2 saturated heterocycles. The first-order valence-electron chi connectivity index (χ1n) is 3.66. The van der Waals surface area contributed by atoms with Gasteiger partial charge in [-0.2, -0.15) is 0 Å². The summed E-state index contributed by atoms with van der Waals surface area (Å²) < 4.78 is 5.50. The second-order valence-electron chi connectivity index (χ2n) is 3.32. The van der Waals surface area contributed by atoms with Gasteiger partial charge in [-0.25, -0.2) is 0 Å². The van der Waals surface area contributed by atoms with Crippen LogP contribution in [-0.2, 0) is 4.74 Å². The second kappa shape index (κ2) is 1.70. The quantitative estimate of drug-likeness (QED) is 0.480. The van der Waals surface area contributed by atoms with Crippen LogP contribution < -0.4 is 0 Å². The minimum atomic E-state index is 0.440. The lowest BCUT2D eigenvalue weighted by Gasteiger charge is -2.16.